The molecule has 0 aromatic heterocycles. The van der Waals surface area contributed by atoms with E-state index in [4.69, 9.17) is 0 Å². The zero-order valence-electron chi connectivity index (χ0n) is 15.5. The molecule has 1 aliphatic heterocycles. The Morgan fingerprint density at radius 3 is 2.58 bits per heavy atom. The highest BCUT2D eigenvalue weighted by Gasteiger charge is 2.21. The molecule has 1 saturated heterocycles. The lowest BCUT2D eigenvalue weighted by molar-refractivity contribution is 0.141. The molecule has 136 valence electrons. The van der Waals surface area contributed by atoms with Crippen molar-refractivity contribution in [1.82, 2.24) is 15.5 Å². The van der Waals surface area contributed by atoms with Gasteiger partial charge in [-0.05, 0) is 51.6 Å². The Bertz CT molecular complexity index is 499. The molecular formula is C19H33IN4. The molecule has 2 rings (SSSR count). The molecule has 0 saturated carbocycles. The summed E-state index contributed by atoms with van der Waals surface area (Å²) in [5.74, 6) is 1.61. The monoisotopic (exact) mass is 444 g/mol. The van der Waals surface area contributed by atoms with E-state index in [0.29, 0.717) is 12.0 Å². The third-order valence-corrected chi connectivity index (χ3v) is 4.64. The lowest BCUT2D eigenvalue weighted by atomic mass is 9.97. The predicted molar refractivity (Wildman–Crippen MR) is 114 cm³/mol. The van der Waals surface area contributed by atoms with Crippen molar-refractivity contribution in [3.05, 3.63) is 35.4 Å². The van der Waals surface area contributed by atoms with Gasteiger partial charge in [-0.3, -0.25) is 4.99 Å². The van der Waals surface area contributed by atoms with Crippen molar-refractivity contribution in [1.29, 1.82) is 0 Å². The summed E-state index contributed by atoms with van der Waals surface area (Å²) in [5.41, 5.74) is 2.57. The minimum atomic E-state index is 0. The second-order valence-electron chi connectivity index (χ2n) is 6.89. The highest BCUT2D eigenvalue weighted by molar-refractivity contribution is 14.0. The fourth-order valence-corrected chi connectivity index (χ4v) is 3.09. The van der Waals surface area contributed by atoms with E-state index in [-0.39, 0.29) is 24.0 Å². The van der Waals surface area contributed by atoms with Crippen molar-refractivity contribution in [2.24, 2.45) is 10.9 Å². The van der Waals surface area contributed by atoms with E-state index in [1.807, 2.05) is 7.05 Å². The maximum atomic E-state index is 4.34. The van der Waals surface area contributed by atoms with Crippen molar-refractivity contribution in [3.8, 4) is 0 Å². The zero-order chi connectivity index (χ0) is 16.7. The molecule has 5 heteroatoms. The fraction of sp³-hybridized carbons (Fsp3) is 0.632. The van der Waals surface area contributed by atoms with E-state index in [9.17, 15) is 0 Å². The van der Waals surface area contributed by atoms with Crippen LogP contribution >= 0.6 is 24.0 Å². The summed E-state index contributed by atoms with van der Waals surface area (Å²) in [5, 5.41) is 6.90. The summed E-state index contributed by atoms with van der Waals surface area (Å²) in [7, 11) is 1.84. The van der Waals surface area contributed by atoms with Crippen LogP contribution in [0.5, 0.6) is 0 Å². The molecule has 2 N–H and O–H groups in total. The van der Waals surface area contributed by atoms with Crippen molar-refractivity contribution < 1.29 is 0 Å². The van der Waals surface area contributed by atoms with Crippen LogP contribution in [0.2, 0.25) is 0 Å². The number of piperidine rings is 1. The third-order valence-electron chi connectivity index (χ3n) is 4.64. The second kappa shape index (κ2) is 10.9. The molecule has 0 amide bonds. The van der Waals surface area contributed by atoms with E-state index >= 15 is 0 Å². The number of benzene rings is 1. The van der Waals surface area contributed by atoms with Crippen LogP contribution in [0.4, 0.5) is 0 Å². The number of guanidine groups is 1. The quantitative estimate of drug-likeness (QED) is 0.416. The molecule has 1 fully saturated rings. The summed E-state index contributed by atoms with van der Waals surface area (Å²) in [4.78, 5) is 6.92. The molecule has 1 atom stereocenters. The predicted octanol–water partition coefficient (Wildman–Crippen LogP) is 3.40. The number of likely N-dealkylation sites (tertiary alicyclic amines) is 1. The normalized spacial score (nSPS) is 19.0. The van der Waals surface area contributed by atoms with Gasteiger partial charge in [0.1, 0.15) is 0 Å². The van der Waals surface area contributed by atoms with Crippen LogP contribution in [0.25, 0.3) is 0 Å². The van der Waals surface area contributed by atoms with Gasteiger partial charge in [-0.25, -0.2) is 0 Å². The lowest BCUT2D eigenvalue weighted by Gasteiger charge is -2.35. The Morgan fingerprint density at radius 1 is 1.25 bits per heavy atom. The van der Waals surface area contributed by atoms with E-state index in [1.165, 1.54) is 37.1 Å². The van der Waals surface area contributed by atoms with Crippen molar-refractivity contribution in [3.63, 3.8) is 0 Å². The number of rotatable bonds is 5. The van der Waals surface area contributed by atoms with Crippen molar-refractivity contribution in [2.45, 2.75) is 46.2 Å². The number of hydrogen-bond acceptors (Lipinski definition) is 2. The molecule has 1 aliphatic rings. The van der Waals surface area contributed by atoms with Gasteiger partial charge >= 0.3 is 0 Å². The van der Waals surface area contributed by atoms with Crippen LogP contribution in [-0.4, -0.2) is 43.6 Å². The highest BCUT2D eigenvalue weighted by Crippen LogP contribution is 2.17. The first-order chi connectivity index (χ1) is 11.1. The Balaban J connectivity index is 0.00000288. The number of aryl methyl sites for hydroxylation is 1. The smallest absolute Gasteiger partial charge is 0.191 e. The van der Waals surface area contributed by atoms with Gasteiger partial charge in [0, 0.05) is 32.7 Å². The van der Waals surface area contributed by atoms with E-state index in [1.54, 1.807) is 0 Å². The van der Waals surface area contributed by atoms with Gasteiger partial charge in [-0.1, -0.05) is 29.8 Å². The van der Waals surface area contributed by atoms with Crippen molar-refractivity contribution in [2.75, 3.05) is 26.7 Å². The largest absolute Gasteiger partial charge is 0.356 e. The van der Waals surface area contributed by atoms with E-state index in [0.717, 1.165) is 19.0 Å². The molecule has 1 unspecified atom stereocenters. The Kier molecular flexibility index (Phi) is 9.66. The molecular weight excluding hydrogens is 411 g/mol. The van der Waals surface area contributed by atoms with E-state index in [2.05, 4.69) is 65.6 Å². The van der Waals surface area contributed by atoms with E-state index < -0.39 is 0 Å². The Morgan fingerprint density at radius 2 is 1.96 bits per heavy atom. The molecule has 0 spiro atoms. The van der Waals surface area contributed by atoms with Gasteiger partial charge in [-0.2, -0.15) is 0 Å². The third kappa shape index (κ3) is 6.97. The number of halogens is 1. The zero-order valence-corrected chi connectivity index (χ0v) is 17.8. The van der Waals surface area contributed by atoms with Gasteiger partial charge in [0.2, 0.25) is 0 Å². The van der Waals surface area contributed by atoms with Gasteiger partial charge in [0.05, 0.1) is 0 Å². The second-order valence-corrected chi connectivity index (χ2v) is 6.89. The van der Waals surface area contributed by atoms with Crippen LogP contribution in [0, 0.1) is 12.8 Å². The number of nitrogens with one attached hydrogen (secondary N) is 2. The van der Waals surface area contributed by atoms with Crippen LogP contribution in [0.1, 0.15) is 37.8 Å². The Labute approximate surface area is 164 Å². The first-order valence-corrected chi connectivity index (χ1v) is 8.82. The average molecular weight is 444 g/mol. The van der Waals surface area contributed by atoms with Crippen LogP contribution in [0.3, 0.4) is 0 Å². The SMILES string of the molecule is CN=C(NCc1ccc(C)cc1)NCC1CCCN(C(C)C)C1.I. The summed E-state index contributed by atoms with van der Waals surface area (Å²) < 4.78 is 0. The first kappa shape index (κ1) is 21.2. The summed E-state index contributed by atoms with van der Waals surface area (Å²) in [6.45, 7) is 10.9. The molecule has 1 heterocycles. The molecule has 24 heavy (non-hydrogen) atoms. The number of hydrogen-bond donors (Lipinski definition) is 2. The molecule has 0 radical (unpaired) electrons. The fourth-order valence-electron chi connectivity index (χ4n) is 3.09. The maximum Gasteiger partial charge on any atom is 0.191 e. The van der Waals surface area contributed by atoms with Crippen LogP contribution in [-0.2, 0) is 6.54 Å². The van der Waals surface area contributed by atoms with Gasteiger partial charge < -0.3 is 15.5 Å². The summed E-state index contributed by atoms with van der Waals surface area (Å²) in [6, 6.07) is 9.27. The minimum Gasteiger partial charge on any atom is -0.356 e. The summed E-state index contributed by atoms with van der Waals surface area (Å²) in [6.07, 6.45) is 2.62. The molecule has 0 bridgehead atoms. The van der Waals surface area contributed by atoms with Crippen LogP contribution in [0.15, 0.2) is 29.3 Å². The van der Waals surface area contributed by atoms with Crippen LogP contribution < -0.4 is 10.6 Å². The van der Waals surface area contributed by atoms with Gasteiger partial charge in [0.25, 0.3) is 0 Å². The highest BCUT2D eigenvalue weighted by atomic mass is 127. The number of nitrogens with zero attached hydrogens (tertiary/aromatic N) is 2. The van der Waals surface area contributed by atoms with Gasteiger partial charge in [0.15, 0.2) is 5.96 Å². The molecule has 1 aromatic rings. The number of aliphatic imine (C=N–C) groups is 1. The van der Waals surface area contributed by atoms with Crippen molar-refractivity contribution >= 4 is 29.9 Å². The first-order valence-electron chi connectivity index (χ1n) is 8.82. The summed E-state index contributed by atoms with van der Waals surface area (Å²) >= 11 is 0. The minimum absolute atomic E-state index is 0. The average Bonchev–Trinajstić information content (AvgIpc) is 2.57. The van der Waals surface area contributed by atoms with Gasteiger partial charge in [-0.15, -0.1) is 24.0 Å². The topological polar surface area (TPSA) is 39.7 Å². The Hall–Kier alpha value is -0.820. The molecule has 0 aliphatic carbocycles. The lowest BCUT2D eigenvalue weighted by Crippen LogP contribution is -2.45. The standard InChI is InChI=1S/C19H32N4.HI/c1-15(2)23-11-5-6-18(14-23)13-22-19(20-4)21-12-17-9-7-16(3)8-10-17;/h7-10,15,18H,5-6,11-14H2,1-4H3,(H2,20,21,22);1H. The molecule has 1 aromatic carbocycles. The molecule has 4 nitrogen and oxygen atoms in total. The maximum absolute atomic E-state index is 4.34.